The molecule has 0 saturated carbocycles. The lowest BCUT2D eigenvalue weighted by molar-refractivity contribution is 0.201. The van der Waals surface area contributed by atoms with E-state index in [0.717, 1.165) is 18.8 Å². The van der Waals surface area contributed by atoms with E-state index in [4.69, 9.17) is 27.9 Å². The first kappa shape index (κ1) is 9.13. The van der Waals surface area contributed by atoms with Gasteiger partial charge in [0.15, 0.2) is 0 Å². The Kier molecular flexibility index (Phi) is 2.63. The van der Waals surface area contributed by atoms with Gasteiger partial charge < -0.3 is 9.64 Å². The second-order valence-corrected chi connectivity index (χ2v) is 3.71. The van der Waals surface area contributed by atoms with Crippen molar-refractivity contribution in [2.45, 2.75) is 0 Å². The van der Waals surface area contributed by atoms with Gasteiger partial charge in [0.25, 0.3) is 0 Å². The predicted molar refractivity (Wildman–Crippen MR) is 54.6 cm³/mol. The van der Waals surface area contributed by atoms with E-state index in [1.165, 1.54) is 0 Å². The highest BCUT2D eigenvalue weighted by Crippen LogP contribution is 2.27. The Labute approximate surface area is 87.0 Å². The van der Waals surface area contributed by atoms with Crippen LogP contribution in [-0.2, 0) is 4.74 Å². The molecule has 0 N–H and O–H groups in total. The maximum absolute atomic E-state index is 5.89. The van der Waals surface area contributed by atoms with Gasteiger partial charge in [0.1, 0.15) is 6.73 Å². The Morgan fingerprint density at radius 1 is 1.23 bits per heavy atom. The van der Waals surface area contributed by atoms with E-state index in [0.29, 0.717) is 16.8 Å². The Hall–Kier alpha value is -0.440. The van der Waals surface area contributed by atoms with E-state index in [1.54, 1.807) is 6.07 Å². The molecule has 1 fully saturated rings. The molecule has 1 aliphatic heterocycles. The van der Waals surface area contributed by atoms with Crippen LogP contribution in [0.2, 0.25) is 10.0 Å². The smallest absolute Gasteiger partial charge is 0.119 e. The van der Waals surface area contributed by atoms with Crippen molar-refractivity contribution >= 4 is 28.9 Å². The van der Waals surface area contributed by atoms with Gasteiger partial charge in [-0.1, -0.05) is 23.2 Å². The quantitative estimate of drug-likeness (QED) is 0.718. The third kappa shape index (κ3) is 1.90. The van der Waals surface area contributed by atoms with Gasteiger partial charge in [-0.25, -0.2) is 0 Å². The Bertz CT molecular complexity index is 310. The van der Waals surface area contributed by atoms with Crippen molar-refractivity contribution in [2.75, 3.05) is 24.8 Å². The molecular weight excluding hydrogens is 209 g/mol. The minimum atomic E-state index is 0.588. The summed E-state index contributed by atoms with van der Waals surface area (Å²) in [6.07, 6.45) is 0. The minimum Gasteiger partial charge on any atom is -0.359 e. The SMILES string of the molecule is Clc1ccc(N2CCOC2)cc1Cl. The van der Waals surface area contributed by atoms with Gasteiger partial charge in [0.05, 0.1) is 16.7 Å². The molecule has 2 rings (SSSR count). The van der Waals surface area contributed by atoms with Crippen LogP contribution in [-0.4, -0.2) is 19.9 Å². The minimum absolute atomic E-state index is 0.588. The molecule has 1 heterocycles. The lowest BCUT2D eigenvalue weighted by atomic mass is 10.3. The van der Waals surface area contributed by atoms with Gasteiger partial charge in [0, 0.05) is 12.2 Å². The van der Waals surface area contributed by atoms with E-state index in [2.05, 4.69) is 4.90 Å². The predicted octanol–water partition coefficient (Wildman–Crippen LogP) is 2.79. The average Bonchev–Trinajstić information content (AvgIpc) is 2.62. The Morgan fingerprint density at radius 2 is 2.08 bits per heavy atom. The summed E-state index contributed by atoms with van der Waals surface area (Å²) in [5, 5.41) is 1.18. The highest BCUT2D eigenvalue weighted by atomic mass is 35.5. The van der Waals surface area contributed by atoms with Crippen molar-refractivity contribution in [1.82, 2.24) is 0 Å². The molecule has 0 spiro atoms. The number of benzene rings is 1. The maximum Gasteiger partial charge on any atom is 0.119 e. The molecule has 1 aromatic carbocycles. The lowest BCUT2D eigenvalue weighted by Crippen LogP contribution is -2.18. The first-order valence-corrected chi connectivity index (χ1v) is 4.81. The average molecular weight is 218 g/mol. The molecule has 0 amide bonds. The highest BCUT2D eigenvalue weighted by Gasteiger charge is 2.13. The van der Waals surface area contributed by atoms with Crippen molar-refractivity contribution in [1.29, 1.82) is 0 Å². The van der Waals surface area contributed by atoms with Crippen LogP contribution in [0.4, 0.5) is 5.69 Å². The summed E-state index contributed by atoms with van der Waals surface area (Å²) in [4.78, 5) is 2.11. The second kappa shape index (κ2) is 3.74. The largest absolute Gasteiger partial charge is 0.359 e. The van der Waals surface area contributed by atoms with Gasteiger partial charge in [-0.05, 0) is 18.2 Å². The number of ether oxygens (including phenoxy) is 1. The van der Waals surface area contributed by atoms with Crippen LogP contribution in [0.1, 0.15) is 0 Å². The fourth-order valence-electron chi connectivity index (χ4n) is 1.30. The molecule has 70 valence electrons. The van der Waals surface area contributed by atoms with Crippen molar-refractivity contribution in [2.24, 2.45) is 0 Å². The van der Waals surface area contributed by atoms with Gasteiger partial charge >= 0.3 is 0 Å². The second-order valence-electron chi connectivity index (χ2n) is 2.90. The highest BCUT2D eigenvalue weighted by molar-refractivity contribution is 6.42. The molecule has 0 unspecified atom stereocenters. The van der Waals surface area contributed by atoms with Gasteiger partial charge in [-0.2, -0.15) is 0 Å². The van der Waals surface area contributed by atoms with E-state index in [1.807, 2.05) is 12.1 Å². The number of rotatable bonds is 1. The third-order valence-electron chi connectivity index (χ3n) is 2.02. The van der Waals surface area contributed by atoms with Crippen LogP contribution >= 0.6 is 23.2 Å². The zero-order chi connectivity index (χ0) is 9.26. The molecule has 0 atom stereocenters. The Morgan fingerprint density at radius 3 is 2.69 bits per heavy atom. The number of nitrogens with zero attached hydrogens (tertiary/aromatic N) is 1. The van der Waals surface area contributed by atoms with E-state index in [9.17, 15) is 0 Å². The molecular formula is C9H9Cl2NO. The van der Waals surface area contributed by atoms with Crippen LogP contribution in [0.5, 0.6) is 0 Å². The maximum atomic E-state index is 5.89. The number of anilines is 1. The van der Waals surface area contributed by atoms with Crippen LogP contribution in [0.15, 0.2) is 18.2 Å². The normalized spacial score (nSPS) is 16.6. The first-order chi connectivity index (χ1) is 6.27. The van der Waals surface area contributed by atoms with Crippen molar-refractivity contribution in [3.05, 3.63) is 28.2 Å². The molecule has 0 radical (unpaired) electrons. The molecule has 0 aliphatic carbocycles. The van der Waals surface area contributed by atoms with E-state index >= 15 is 0 Å². The van der Waals surface area contributed by atoms with E-state index < -0.39 is 0 Å². The van der Waals surface area contributed by atoms with Crippen molar-refractivity contribution in [3.63, 3.8) is 0 Å². The summed E-state index contributed by atoms with van der Waals surface area (Å²) >= 11 is 11.7. The molecule has 0 aromatic heterocycles. The summed E-state index contributed by atoms with van der Waals surface area (Å²) in [6, 6.07) is 5.61. The summed E-state index contributed by atoms with van der Waals surface area (Å²) in [7, 11) is 0. The standard InChI is InChI=1S/C9H9Cl2NO/c10-8-2-1-7(5-9(8)11)12-3-4-13-6-12/h1-2,5H,3-4,6H2. The van der Waals surface area contributed by atoms with Crippen molar-refractivity contribution < 1.29 is 4.74 Å². The molecule has 1 saturated heterocycles. The van der Waals surface area contributed by atoms with Crippen molar-refractivity contribution in [3.8, 4) is 0 Å². The van der Waals surface area contributed by atoms with Crippen LogP contribution in [0, 0.1) is 0 Å². The van der Waals surface area contributed by atoms with E-state index in [-0.39, 0.29) is 0 Å². The fourth-order valence-corrected chi connectivity index (χ4v) is 1.59. The lowest BCUT2D eigenvalue weighted by Gasteiger charge is -2.15. The van der Waals surface area contributed by atoms with Gasteiger partial charge in [0.2, 0.25) is 0 Å². The topological polar surface area (TPSA) is 12.5 Å². The zero-order valence-corrected chi connectivity index (χ0v) is 8.48. The first-order valence-electron chi connectivity index (χ1n) is 4.05. The molecule has 1 aromatic rings. The molecule has 2 nitrogen and oxygen atoms in total. The molecule has 0 bridgehead atoms. The zero-order valence-electron chi connectivity index (χ0n) is 6.96. The van der Waals surface area contributed by atoms with Gasteiger partial charge in [-0.15, -0.1) is 0 Å². The fraction of sp³-hybridized carbons (Fsp3) is 0.333. The Balaban J connectivity index is 2.25. The molecule has 4 heteroatoms. The molecule has 13 heavy (non-hydrogen) atoms. The number of halogens is 2. The van der Waals surface area contributed by atoms with Crippen LogP contribution in [0.25, 0.3) is 0 Å². The summed E-state index contributed by atoms with van der Waals surface area (Å²) in [5.41, 5.74) is 1.06. The number of hydrogen-bond donors (Lipinski definition) is 0. The summed E-state index contributed by atoms with van der Waals surface area (Å²) in [6.45, 7) is 2.33. The summed E-state index contributed by atoms with van der Waals surface area (Å²) < 4.78 is 5.23. The summed E-state index contributed by atoms with van der Waals surface area (Å²) in [5.74, 6) is 0. The molecule has 1 aliphatic rings. The monoisotopic (exact) mass is 217 g/mol. The number of hydrogen-bond acceptors (Lipinski definition) is 2. The third-order valence-corrected chi connectivity index (χ3v) is 2.76. The van der Waals surface area contributed by atoms with Gasteiger partial charge in [-0.3, -0.25) is 0 Å². The van der Waals surface area contributed by atoms with Crippen LogP contribution in [0.3, 0.4) is 0 Å². The van der Waals surface area contributed by atoms with Crippen LogP contribution < -0.4 is 4.90 Å².